The molecular formula is C12H15ClN4O. The number of hydrogen-bond acceptors (Lipinski definition) is 4. The van der Waals surface area contributed by atoms with E-state index in [4.69, 9.17) is 11.6 Å². The largest absolute Gasteiger partial charge is 0.345 e. The predicted molar refractivity (Wildman–Crippen MR) is 67.5 cm³/mol. The maximum Gasteiger partial charge on any atom is 0.289 e. The molecule has 5 nitrogen and oxygen atoms in total. The molecule has 3 fully saturated rings. The zero-order valence-corrected chi connectivity index (χ0v) is 10.7. The molecule has 0 radical (unpaired) electrons. The van der Waals surface area contributed by atoms with Gasteiger partial charge in [0, 0.05) is 25.0 Å². The van der Waals surface area contributed by atoms with E-state index in [0.29, 0.717) is 10.9 Å². The van der Waals surface area contributed by atoms with Gasteiger partial charge in [-0.1, -0.05) is 11.6 Å². The van der Waals surface area contributed by atoms with Crippen LogP contribution in [-0.4, -0.2) is 46.5 Å². The lowest BCUT2D eigenvalue weighted by molar-refractivity contribution is 0.0615. The highest BCUT2D eigenvalue weighted by Gasteiger charge is 2.35. The lowest BCUT2D eigenvalue weighted by Gasteiger charge is -2.44. The normalized spacial score (nSPS) is 30.2. The number of halogens is 1. The Morgan fingerprint density at radius 3 is 2.56 bits per heavy atom. The van der Waals surface area contributed by atoms with Crippen molar-refractivity contribution in [2.75, 3.05) is 19.6 Å². The van der Waals surface area contributed by atoms with E-state index in [1.807, 2.05) is 0 Å². The third kappa shape index (κ3) is 2.33. The van der Waals surface area contributed by atoms with Crippen molar-refractivity contribution in [1.29, 1.82) is 0 Å². The SMILES string of the molecule is O=C(N[C@H]1CN2CCC1CC2)c1ncc(Cl)cn1. The maximum absolute atomic E-state index is 12.0. The van der Waals surface area contributed by atoms with Gasteiger partial charge in [-0.15, -0.1) is 0 Å². The maximum atomic E-state index is 12.0. The lowest BCUT2D eigenvalue weighted by atomic mass is 9.84. The molecule has 1 atom stereocenters. The van der Waals surface area contributed by atoms with Gasteiger partial charge in [0.2, 0.25) is 5.82 Å². The van der Waals surface area contributed by atoms with E-state index >= 15 is 0 Å². The van der Waals surface area contributed by atoms with Gasteiger partial charge in [-0.2, -0.15) is 0 Å². The first-order valence-electron chi connectivity index (χ1n) is 6.23. The van der Waals surface area contributed by atoms with Gasteiger partial charge in [0.15, 0.2) is 0 Å². The summed E-state index contributed by atoms with van der Waals surface area (Å²) in [6, 6.07) is 0.235. The molecule has 1 aromatic rings. The molecule has 0 aromatic carbocycles. The predicted octanol–water partition coefficient (Wildman–Crippen LogP) is 0.954. The highest BCUT2D eigenvalue weighted by molar-refractivity contribution is 6.30. The van der Waals surface area contributed by atoms with E-state index < -0.39 is 0 Å². The van der Waals surface area contributed by atoms with Crippen LogP contribution in [0.25, 0.3) is 0 Å². The minimum absolute atomic E-state index is 0.191. The van der Waals surface area contributed by atoms with E-state index in [-0.39, 0.29) is 17.8 Å². The summed E-state index contributed by atoms with van der Waals surface area (Å²) in [4.78, 5) is 22.3. The summed E-state index contributed by atoms with van der Waals surface area (Å²) in [5.41, 5.74) is 0. The Hall–Kier alpha value is -1.20. The molecule has 0 spiro atoms. The van der Waals surface area contributed by atoms with Crippen molar-refractivity contribution in [2.45, 2.75) is 18.9 Å². The molecule has 3 saturated heterocycles. The molecular weight excluding hydrogens is 252 g/mol. The topological polar surface area (TPSA) is 58.1 Å². The first kappa shape index (κ1) is 11.9. The van der Waals surface area contributed by atoms with Crippen LogP contribution in [0, 0.1) is 5.92 Å². The van der Waals surface area contributed by atoms with Crippen LogP contribution in [0.3, 0.4) is 0 Å². The van der Waals surface area contributed by atoms with E-state index in [1.54, 1.807) is 0 Å². The molecule has 3 aliphatic rings. The molecule has 0 aliphatic carbocycles. The molecule has 4 rings (SSSR count). The van der Waals surface area contributed by atoms with Gasteiger partial charge in [0.25, 0.3) is 5.91 Å². The molecule has 0 unspecified atom stereocenters. The van der Waals surface area contributed by atoms with Crippen LogP contribution in [-0.2, 0) is 0 Å². The van der Waals surface area contributed by atoms with Crippen LogP contribution >= 0.6 is 11.6 Å². The van der Waals surface area contributed by atoms with Crippen LogP contribution in [0.5, 0.6) is 0 Å². The third-order valence-electron chi connectivity index (χ3n) is 3.80. The minimum Gasteiger partial charge on any atom is -0.345 e. The highest BCUT2D eigenvalue weighted by Crippen LogP contribution is 2.27. The summed E-state index contributed by atoms with van der Waals surface area (Å²) in [5.74, 6) is 0.590. The summed E-state index contributed by atoms with van der Waals surface area (Å²) >= 11 is 5.70. The fourth-order valence-electron chi connectivity index (χ4n) is 2.79. The highest BCUT2D eigenvalue weighted by atomic mass is 35.5. The number of piperidine rings is 3. The van der Waals surface area contributed by atoms with Gasteiger partial charge in [0.05, 0.1) is 5.02 Å². The number of amides is 1. The van der Waals surface area contributed by atoms with Crippen molar-refractivity contribution >= 4 is 17.5 Å². The van der Waals surface area contributed by atoms with Crippen LogP contribution in [0.1, 0.15) is 23.5 Å². The zero-order valence-electron chi connectivity index (χ0n) is 9.97. The van der Waals surface area contributed by atoms with Crippen LogP contribution < -0.4 is 5.32 Å². The van der Waals surface area contributed by atoms with Crippen LogP contribution in [0.2, 0.25) is 5.02 Å². The number of hydrogen-bond donors (Lipinski definition) is 1. The number of rotatable bonds is 2. The Kier molecular flexibility index (Phi) is 3.18. The van der Waals surface area contributed by atoms with E-state index in [1.165, 1.54) is 25.2 Å². The Morgan fingerprint density at radius 2 is 2.00 bits per heavy atom. The van der Waals surface area contributed by atoms with Crippen molar-refractivity contribution in [2.24, 2.45) is 5.92 Å². The minimum atomic E-state index is -0.203. The van der Waals surface area contributed by atoms with E-state index in [9.17, 15) is 4.79 Å². The molecule has 1 amide bonds. The van der Waals surface area contributed by atoms with Crippen molar-refractivity contribution in [3.63, 3.8) is 0 Å². The third-order valence-corrected chi connectivity index (χ3v) is 3.99. The summed E-state index contributed by atoms with van der Waals surface area (Å²) in [7, 11) is 0. The summed E-state index contributed by atoms with van der Waals surface area (Å²) in [5, 5.41) is 3.48. The number of carbonyl (C=O) groups excluding carboxylic acids is 1. The van der Waals surface area contributed by atoms with Gasteiger partial charge in [-0.05, 0) is 31.8 Å². The van der Waals surface area contributed by atoms with Gasteiger partial charge >= 0.3 is 0 Å². The fraction of sp³-hybridized carbons (Fsp3) is 0.583. The number of carbonyl (C=O) groups is 1. The molecule has 96 valence electrons. The Balaban J connectivity index is 1.66. The Labute approximate surface area is 111 Å². The molecule has 3 aliphatic heterocycles. The molecule has 6 heteroatoms. The van der Waals surface area contributed by atoms with Crippen molar-refractivity contribution < 1.29 is 4.79 Å². The van der Waals surface area contributed by atoms with Gasteiger partial charge in [0.1, 0.15) is 0 Å². The van der Waals surface area contributed by atoms with Crippen molar-refractivity contribution in [1.82, 2.24) is 20.2 Å². The van der Waals surface area contributed by atoms with Gasteiger partial charge in [-0.25, -0.2) is 9.97 Å². The molecule has 0 saturated carbocycles. The Bertz CT molecular complexity index is 442. The van der Waals surface area contributed by atoms with Crippen molar-refractivity contribution in [3.8, 4) is 0 Å². The lowest BCUT2D eigenvalue weighted by Crippen LogP contribution is -2.57. The van der Waals surface area contributed by atoms with Crippen LogP contribution in [0.4, 0.5) is 0 Å². The average Bonchev–Trinajstić information content (AvgIpc) is 2.41. The Morgan fingerprint density at radius 1 is 1.33 bits per heavy atom. The molecule has 18 heavy (non-hydrogen) atoms. The second-order valence-corrected chi connectivity index (χ2v) is 5.38. The zero-order chi connectivity index (χ0) is 12.5. The quantitative estimate of drug-likeness (QED) is 0.866. The van der Waals surface area contributed by atoms with Gasteiger partial charge in [-0.3, -0.25) is 4.79 Å². The summed E-state index contributed by atoms with van der Waals surface area (Å²) in [6.07, 6.45) is 5.23. The van der Waals surface area contributed by atoms with E-state index in [0.717, 1.165) is 19.6 Å². The average molecular weight is 267 g/mol. The number of nitrogens with zero attached hydrogens (tertiary/aromatic N) is 3. The first-order chi connectivity index (χ1) is 8.72. The second-order valence-electron chi connectivity index (χ2n) is 4.94. The van der Waals surface area contributed by atoms with E-state index in [2.05, 4.69) is 20.2 Å². The number of nitrogens with one attached hydrogen (secondary N) is 1. The smallest absolute Gasteiger partial charge is 0.289 e. The summed E-state index contributed by atoms with van der Waals surface area (Å²) < 4.78 is 0. The first-order valence-corrected chi connectivity index (χ1v) is 6.61. The monoisotopic (exact) mass is 266 g/mol. The standard InChI is InChI=1S/C12H15ClN4O/c13-9-5-14-11(15-6-9)12(18)16-10-7-17-3-1-8(10)2-4-17/h5-6,8,10H,1-4,7H2,(H,16,18)/t10-/m0/s1. The molecule has 2 bridgehead atoms. The molecule has 4 heterocycles. The van der Waals surface area contributed by atoms with Gasteiger partial charge < -0.3 is 10.2 Å². The molecule has 1 N–H and O–H groups in total. The fourth-order valence-corrected chi connectivity index (χ4v) is 2.89. The summed E-state index contributed by atoms with van der Waals surface area (Å²) in [6.45, 7) is 3.27. The second kappa shape index (κ2) is 4.82. The molecule has 1 aromatic heterocycles. The van der Waals surface area contributed by atoms with Crippen molar-refractivity contribution in [3.05, 3.63) is 23.2 Å². The number of aromatic nitrogens is 2. The van der Waals surface area contributed by atoms with Crippen LogP contribution in [0.15, 0.2) is 12.4 Å². The number of fused-ring (bicyclic) bond motifs is 3.